The van der Waals surface area contributed by atoms with Crippen molar-refractivity contribution >= 4 is 168 Å². The molecule has 20 rings (SSSR count). The van der Waals surface area contributed by atoms with Crippen molar-refractivity contribution in [2.45, 2.75) is 0 Å². The molecule has 0 amide bonds. The standard InChI is InChI=1S/C48H30.C24H16BO2.C24H15Br.B2/c1-3-11-41-37(9-1)29-47(45-15-7-5-13-43(41)45)39-23-21-33-25-31(17-19-35(33)27-39)32-18-20-36-28-40(24-22-34(36)26-32)48-30-38-10-2-4-12-42(38)44-14-6-8-16-46(44)48;26-25-27-20-12-11-16-13-19(10-9-17(16)14-20)24-15-18-5-1-2-6-21(18)22-7-3-4-8-23(22)24;25-20-12-11-16-13-19(10-9-17(16)14-20)24-15-18-5-1-2-6-21(18)22-7-3-4-8-23(22)24;1-2/h1-30H;1-15,26H;1-15H;. The van der Waals surface area contributed by atoms with Gasteiger partial charge < -0.3 is 9.68 Å². The van der Waals surface area contributed by atoms with E-state index in [2.05, 4.69) is 377 Å². The summed E-state index contributed by atoms with van der Waals surface area (Å²) in [6.07, 6.45) is 0. The zero-order chi connectivity index (χ0) is 68.6. The highest BCUT2D eigenvalue weighted by Gasteiger charge is 2.15. The summed E-state index contributed by atoms with van der Waals surface area (Å²) < 4.78 is 6.18. The molecular formula is C96H61B3BrO2. The summed E-state index contributed by atoms with van der Waals surface area (Å²) in [5, 5.41) is 39.1. The third-order valence-corrected chi connectivity index (χ3v) is 20.6. The van der Waals surface area contributed by atoms with Gasteiger partial charge in [-0.2, -0.15) is 0 Å². The molecule has 0 aliphatic carbocycles. The molecular weight excluding hydrogens is 1300 g/mol. The molecule has 0 saturated carbocycles. The van der Waals surface area contributed by atoms with Crippen molar-refractivity contribution in [2.24, 2.45) is 0 Å². The van der Waals surface area contributed by atoms with E-state index in [1.807, 2.05) is 18.2 Å². The van der Waals surface area contributed by atoms with Gasteiger partial charge in [0.05, 0.1) is 0 Å². The van der Waals surface area contributed by atoms with Crippen molar-refractivity contribution in [3.63, 3.8) is 0 Å². The second kappa shape index (κ2) is 27.6. The monoisotopic (exact) mass is 1360 g/mol. The van der Waals surface area contributed by atoms with Crippen molar-refractivity contribution in [1.82, 2.24) is 0 Å². The van der Waals surface area contributed by atoms with Crippen LogP contribution >= 0.6 is 15.9 Å². The lowest BCUT2D eigenvalue weighted by atomic mass is 9.81. The molecule has 0 heterocycles. The van der Waals surface area contributed by atoms with E-state index in [1.54, 1.807) is 0 Å². The summed E-state index contributed by atoms with van der Waals surface area (Å²) >= 11 is 3.56. The van der Waals surface area contributed by atoms with Gasteiger partial charge in [-0.1, -0.05) is 295 Å². The molecule has 102 heavy (non-hydrogen) atoms. The summed E-state index contributed by atoms with van der Waals surface area (Å²) in [4.78, 5) is 0. The molecule has 0 aliphatic rings. The summed E-state index contributed by atoms with van der Waals surface area (Å²) in [7, 11) is 8.71. The number of rotatable bonds is 7. The quantitative estimate of drug-likeness (QED) is 0.127. The highest BCUT2D eigenvalue weighted by atomic mass is 79.9. The molecule has 0 bridgehead atoms. The van der Waals surface area contributed by atoms with Crippen LogP contribution < -0.4 is 4.65 Å². The van der Waals surface area contributed by atoms with E-state index < -0.39 is 0 Å². The summed E-state index contributed by atoms with van der Waals surface area (Å²) in [5.41, 5.74) is 12.5. The van der Waals surface area contributed by atoms with E-state index in [0.29, 0.717) is 13.4 Å². The van der Waals surface area contributed by atoms with Crippen LogP contribution in [0.5, 0.6) is 5.75 Å². The van der Waals surface area contributed by atoms with E-state index in [9.17, 15) is 0 Å². The second-order valence-corrected chi connectivity index (χ2v) is 26.9. The molecule has 5 radical (unpaired) electrons. The van der Waals surface area contributed by atoms with Crippen molar-refractivity contribution in [2.75, 3.05) is 0 Å². The first kappa shape index (κ1) is 63.4. The molecule has 473 valence electrons. The van der Waals surface area contributed by atoms with E-state index in [-0.39, 0.29) is 0 Å². The van der Waals surface area contributed by atoms with E-state index >= 15 is 0 Å². The summed E-state index contributed by atoms with van der Waals surface area (Å²) in [6, 6.07) is 132. The Morgan fingerprint density at radius 3 is 0.735 bits per heavy atom. The minimum absolute atomic E-state index is 0.619. The molecule has 0 spiro atoms. The summed E-state index contributed by atoms with van der Waals surface area (Å²) in [6.45, 7) is 0. The fourth-order valence-corrected chi connectivity index (χ4v) is 15.6. The van der Waals surface area contributed by atoms with Crippen molar-refractivity contribution in [1.29, 1.82) is 0 Å². The van der Waals surface area contributed by atoms with Gasteiger partial charge in [-0.15, -0.1) is 0 Å². The highest BCUT2D eigenvalue weighted by Crippen LogP contribution is 2.42. The van der Waals surface area contributed by atoms with Crippen LogP contribution in [0.25, 0.3) is 185 Å². The Labute approximate surface area is 603 Å². The van der Waals surface area contributed by atoms with Gasteiger partial charge >= 0.3 is 7.69 Å². The number of hydrogen-bond donors (Lipinski definition) is 1. The van der Waals surface area contributed by atoms with Gasteiger partial charge in [0.1, 0.15) is 5.75 Å². The summed E-state index contributed by atoms with van der Waals surface area (Å²) in [5.74, 6) is 0.619. The average molecular weight is 1360 g/mol. The van der Waals surface area contributed by atoms with Gasteiger partial charge in [-0.3, -0.25) is 0 Å². The SMILES string of the molecule is Brc1ccc2cc(-c3cc4ccccc4c4ccccc34)ccc2c1.O[B]Oc1ccc2cc(-c3cc4ccccc4c4ccccc34)ccc2c1.[B][B].c1ccc2c(c1)cc(-c1ccc3cc(-c4ccc5cc(-c6cc7ccccc7c7ccccc67)ccc5c4)ccc3c1)c1ccccc12. The molecule has 20 aromatic rings. The fourth-order valence-electron chi connectivity index (χ4n) is 15.3. The lowest BCUT2D eigenvalue weighted by Crippen LogP contribution is -1.99. The maximum Gasteiger partial charge on any atom is 0.569 e. The van der Waals surface area contributed by atoms with Gasteiger partial charge in [0.2, 0.25) is 0 Å². The molecule has 0 atom stereocenters. The van der Waals surface area contributed by atoms with E-state index in [0.717, 1.165) is 15.2 Å². The zero-order valence-corrected chi connectivity index (χ0v) is 57.2. The number of benzene rings is 20. The second-order valence-electron chi connectivity index (χ2n) is 26.0. The highest BCUT2D eigenvalue weighted by molar-refractivity contribution is 9.10. The smallest absolute Gasteiger partial charge is 0.537 e. The van der Waals surface area contributed by atoms with Gasteiger partial charge in [0, 0.05) is 19.9 Å². The first-order chi connectivity index (χ1) is 50.4. The molecule has 6 heteroatoms. The number of fused-ring (bicyclic) bond motifs is 16. The van der Waals surface area contributed by atoms with Crippen molar-refractivity contribution in [3.05, 3.63) is 368 Å². The lowest BCUT2D eigenvalue weighted by molar-refractivity contribution is 0.454. The molecule has 1 N–H and O–H groups in total. The van der Waals surface area contributed by atoms with Gasteiger partial charge in [-0.25, -0.2) is 0 Å². The van der Waals surface area contributed by atoms with Crippen molar-refractivity contribution < 1.29 is 9.68 Å². The van der Waals surface area contributed by atoms with Crippen LogP contribution in [0, 0.1) is 0 Å². The molecule has 0 unspecified atom stereocenters. The Bertz CT molecular complexity index is 6460. The first-order valence-electron chi connectivity index (χ1n) is 34.3. The van der Waals surface area contributed by atoms with Crippen LogP contribution in [0.2, 0.25) is 0 Å². The normalized spacial score (nSPS) is 11.3. The Morgan fingerprint density at radius 1 is 0.206 bits per heavy atom. The maximum absolute atomic E-state index is 8.82. The third-order valence-electron chi connectivity index (χ3n) is 20.1. The van der Waals surface area contributed by atoms with Crippen LogP contribution in [-0.2, 0) is 0 Å². The van der Waals surface area contributed by atoms with E-state index in [1.165, 1.54) is 174 Å². The van der Waals surface area contributed by atoms with Crippen LogP contribution in [0.15, 0.2) is 368 Å². The molecule has 20 aromatic carbocycles. The average Bonchev–Trinajstić information content (AvgIpc) is 0.777. The van der Waals surface area contributed by atoms with Gasteiger partial charge in [0.25, 0.3) is 0 Å². The predicted molar refractivity (Wildman–Crippen MR) is 444 cm³/mol. The van der Waals surface area contributed by atoms with Crippen LogP contribution in [-0.4, -0.2) is 28.2 Å². The molecule has 2 nitrogen and oxygen atoms in total. The first-order valence-corrected chi connectivity index (χ1v) is 35.1. The molecule has 0 saturated heterocycles. The fraction of sp³-hybridized carbons (Fsp3) is 0. The lowest BCUT2D eigenvalue weighted by Gasteiger charge is -2.13. The van der Waals surface area contributed by atoms with Crippen molar-refractivity contribution in [3.8, 4) is 61.4 Å². The predicted octanol–water partition coefficient (Wildman–Crippen LogP) is 26.1. The molecule has 0 aromatic heterocycles. The topological polar surface area (TPSA) is 29.5 Å². The molecule has 0 aliphatic heterocycles. The molecule has 0 fully saturated rings. The van der Waals surface area contributed by atoms with Crippen LogP contribution in [0.1, 0.15) is 0 Å². The number of hydrogen-bond acceptors (Lipinski definition) is 2. The van der Waals surface area contributed by atoms with Crippen LogP contribution in [0.4, 0.5) is 0 Å². The minimum atomic E-state index is 0.619. The maximum atomic E-state index is 8.82. The largest absolute Gasteiger partial charge is 0.569 e. The van der Waals surface area contributed by atoms with Gasteiger partial charge in [-0.05, 0) is 270 Å². The third kappa shape index (κ3) is 12.0. The zero-order valence-electron chi connectivity index (χ0n) is 55.6. The van der Waals surface area contributed by atoms with E-state index in [4.69, 9.17) is 9.68 Å². The van der Waals surface area contributed by atoms with Crippen LogP contribution in [0.3, 0.4) is 0 Å². The Kier molecular flexibility index (Phi) is 17.1. The van der Waals surface area contributed by atoms with Gasteiger partial charge in [0.15, 0.2) is 0 Å². The minimum Gasteiger partial charge on any atom is -0.537 e. The number of halogens is 1. The Hall–Kier alpha value is -12.0. The Balaban J connectivity index is 0.000000122. The Morgan fingerprint density at radius 2 is 0.431 bits per heavy atom.